The highest BCUT2D eigenvalue weighted by Crippen LogP contribution is 2.35. The molecule has 3 aromatic carbocycles. The second-order valence-electron chi connectivity index (χ2n) is 9.22. The molecule has 0 bridgehead atoms. The van der Waals surface area contributed by atoms with E-state index in [1.807, 2.05) is 77.7 Å². The Balaban J connectivity index is 1.35. The minimum absolute atomic E-state index is 0.00363. The Morgan fingerprint density at radius 2 is 1.56 bits per heavy atom. The molecule has 3 aromatic rings. The van der Waals surface area contributed by atoms with Gasteiger partial charge in [0, 0.05) is 44.3 Å². The SMILES string of the molecule is O=C1c2ccccc2CN1CC(CNC(=O)C1(c2ccccc2)CCOCC1)c1ccccc1. The van der Waals surface area contributed by atoms with Gasteiger partial charge < -0.3 is 15.0 Å². The van der Waals surface area contributed by atoms with Crippen LogP contribution in [-0.2, 0) is 21.5 Å². The van der Waals surface area contributed by atoms with Crippen LogP contribution in [-0.4, -0.2) is 43.0 Å². The highest BCUT2D eigenvalue weighted by molar-refractivity contribution is 5.98. The van der Waals surface area contributed by atoms with Crippen LogP contribution in [0, 0.1) is 0 Å². The molecule has 0 radical (unpaired) electrons. The van der Waals surface area contributed by atoms with Crippen molar-refractivity contribution in [1.82, 2.24) is 10.2 Å². The zero-order chi connectivity index (χ0) is 23.4. The van der Waals surface area contributed by atoms with Crippen LogP contribution in [0.15, 0.2) is 84.9 Å². The van der Waals surface area contributed by atoms with Crippen molar-refractivity contribution < 1.29 is 14.3 Å². The molecule has 2 aliphatic heterocycles. The molecule has 5 nitrogen and oxygen atoms in total. The Bertz CT molecular complexity index is 1140. The Morgan fingerprint density at radius 1 is 0.912 bits per heavy atom. The van der Waals surface area contributed by atoms with E-state index in [1.165, 1.54) is 0 Å². The summed E-state index contributed by atoms with van der Waals surface area (Å²) in [6.07, 6.45) is 1.33. The zero-order valence-electron chi connectivity index (χ0n) is 19.3. The molecule has 2 amide bonds. The van der Waals surface area contributed by atoms with Crippen LogP contribution in [0.25, 0.3) is 0 Å². The third-order valence-corrected chi connectivity index (χ3v) is 7.22. The fraction of sp³-hybridized carbons (Fsp3) is 0.310. The Labute approximate surface area is 200 Å². The van der Waals surface area contributed by atoms with Crippen molar-refractivity contribution in [2.75, 3.05) is 26.3 Å². The van der Waals surface area contributed by atoms with E-state index in [4.69, 9.17) is 4.74 Å². The van der Waals surface area contributed by atoms with E-state index in [0.717, 1.165) is 22.3 Å². The van der Waals surface area contributed by atoms with E-state index in [-0.39, 0.29) is 17.7 Å². The van der Waals surface area contributed by atoms with Crippen LogP contribution in [0.3, 0.4) is 0 Å². The normalized spacial score (nSPS) is 17.8. The first-order chi connectivity index (χ1) is 16.7. The molecule has 174 valence electrons. The summed E-state index contributed by atoms with van der Waals surface area (Å²) in [6, 6.07) is 28.0. The Hall–Kier alpha value is -3.44. The van der Waals surface area contributed by atoms with Crippen LogP contribution in [0.2, 0.25) is 0 Å². The van der Waals surface area contributed by atoms with Crippen LogP contribution in [0.4, 0.5) is 0 Å². The number of carbonyl (C=O) groups is 2. The average molecular weight is 455 g/mol. The molecule has 0 saturated carbocycles. The molecule has 1 fully saturated rings. The number of nitrogens with one attached hydrogen (secondary N) is 1. The third kappa shape index (κ3) is 4.36. The fourth-order valence-corrected chi connectivity index (χ4v) is 5.25. The van der Waals surface area contributed by atoms with Gasteiger partial charge in [0.05, 0.1) is 5.41 Å². The summed E-state index contributed by atoms with van der Waals surface area (Å²) in [7, 11) is 0. The molecule has 2 aliphatic rings. The summed E-state index contributed by atoms with van der Waals surface area (Å²) in [6.45, 7) is 2.78. The van der Waals surface area contributed by atoms with Gasteiger partial charge in [0.15, 0.2) is 0 Å². The standard InChI is InChI=1S/C29H30N2O3/c32-27-26-14-8-7-11-23(26)20-31(27)21-24(22-9-3-1-4-10-22)19-30-28(33)29(15-17-34-18-16-29)25-12-5-2-6-13-25/h1-14,24H,15-21H2,(H,30,33). The van der Waals surface area contributed by atoms with Gasteiger partial charge in [-0.05, 0) is 35.6 Å². The predicted octanol–water partition coefficient (Wildman–Crippen LogP) is 4.29. The van der Waals surface area contributed by atoms with Crippen molar-refractivity contribution >= 4 is 11.8 Å². The molecule has 1 atom stereocenters. The maximum Gasteiger partial charge on any atom is 0.254 e. The topological polar surface area (TPSA) is 58.6 Å². The van der Waals surface area contributed by atoms with E-state index < -0.39 is 5.41 Å². The van der Waals surface area contributed by atoms with Crippen molar-refractivity contribution in [1.29, 1.82) is 0 Å². The van der Waals surface area contributed by atoms with E-state index in [2.05, 4.69) is 17.4 Å². The molecule has 0 aliphatic carbocycles. The largest absolute Gasteiger partial charge is 0.381 e. The summed E-state index contributed by atoms with van der Waals surface area (Å²) in [5.74, 6) is 0.100. The second-order valence-corrected chi connectivity index (χ2v) is 9.22. The first-order valence-corrected chi connectivity index (χ1v) is 12.0. The molecule has 1 N–H and O–H groups in total. The monoisotopic (exact) mass is 454 g/mol. The first kappa shape index (κ1) is 22.4. The maximum absolute atomic E-state index is 13.7. The quantitative estimate of drug-likeness (QED) is 0.579. The Morgan fingerprint density at radius 3 is 2.26 bits per heavy atom. The number of amides is 2. The summed E-state index contributed by atoms with van der Waals surface area (Å²) >= 11 is 0. The maximum atomic E-state index is 13.7. The highest BCUT2D eigenvalue weighted by atomic mass is 16.5. The number of benzene rings is 3. The van der Waals surface area contributed by atoms with Gasteiger partial charge in [-0.25, -0.2) is 0 Å². The number of rotatable bonds is 7. The molecule has 1 unspecified atom stereocenters. The summed E-state index contributed by atoms with van der Waals surface area (Å²) in [4.78, 5) is 28.6. The number of ether oxygens (including phenoxy) is 1. The number of hydrogen-bond donors (Lipinski definition) is 1. The molecule has 0 aromatic heterocycles. The highest BCUT2D eigenvalue weighted by Gasteiger charge is 2.41. The zero-order valence-corrected chi connectivity index (χ0v) is 19.3. The minimum atomic E-state index is -0.583. The van der Waals surface area contributed by atoms with E-state index in [9.17, 15) is 9.59 Å². The summed E-state index contributed by atoms with van der Waals surface area (Å²) in [5.41, 5.74) is 3.42. The molecule has 0 spiro atoms. The van der Waals surface area contributed by atoms with Gasteiger partial charge in [0.25, 0.3) is 5.91 Å². The number of carbonyl (C=O) groups excluding carboxylic acids is 2. The van der Waals surface area contributed by atoms with E-state index in [1.54, 1.807) is 0 Å². The number of fused-ring (bicyclic) bond motifs is 1. The van der Waals surface area contributed by atoms with Crippen LogP contribution >= 0.6 is 0 Å². The first-order valence-electron chi connectivity index (χ1n) is 12.0. The van der Waals surface area contributed by atoms with Crippen LogP contribution in [0.1, 0.15) is 45.8 Å². The van der Waals surface area contributed by atoms with Gasteiger partial charge in [-0.15, -0.1) is 0 Å². The average Bonchev–Trinajstić information content (AvgIpc) is 3.22. The second kappa shape index (κ2) is 9.82. The van der Waals surface area contributed by atoms with Crippen LogP contribution < -0.4 is 5.32 Å². The van der Waals surface area contributed by atoms with Crippen molar-refractivity contribution in [2.45, 2.75) is 30.7 Å². The van der Waals surface area contributed by atoms with Gasteiger partial charge in [-0.2, -0.15) is 0 Å². The van der Waals surface area contributed by atoms with E-state index >= 15 is 0 Å². The van der Waals surface area contributed by atoms with Crippen molar-refractivity contribution in [3.05, 3.63) is 107 Å². The minimum Gasteiger partial charge on any atom is -0.381 e. The predicted molar refractivity (Wildman–Crippen MR) is 132 cm³/mol. The van der Waals surface area contributed by atoms with Gasteiger partial charge in [0.2, 0.25) is 5.91 Å². The molecule has 1 saturated heterocycles. The number of hydrogen-bond acceptors (Lipinski definition) is 3. The molecular formula is C29H30N2O3. The van der Waals surface area contributed by atoms with Crippen molar-refractivity contribution in [3.63, 3.8) is 0 Å². The van der Waals surface area contributed by atoms with Gasteiger partial charge in [-0.3, -0.25) is 9.59 Å². The summed E-state index contributed by atoms with van der Waals surface area (Å²) in [5, 5.41) is 3.27. The van der Waals surface area contributed by atoms with Crippen molar-refractivity contribution in [3.8, 4) is 0 Å². The molecule has 34 heavy (non-hydrogen) atoms. The summed E-state index contributed by atoms with van der Waals surface area (Å²) < 4.78 is 5.60. The third-order valence-electron chi connectivity index (χ3n) is 7.22. The fourth-order valence-electron chi connectivity index (χ4n) is 5.25. The molecule has 2 heterocycles. The van der Waals surface area contributed by atoms with Crippen molar-refractivity contribution in [2.24, 2.45) is 0 Å². The molecule has 5 rings (SSSR count). The smallest absolute Gasteiger partial charge is 0.254 e. The van der Waals surface area contributed by atoms with Gasteiger partial charge in [0.1, 0.15) is 0 Å². The van der Waals surface area contributed by atoms with Gasteiger partial charge in [-0.1, -0.05) is 78.9 Å². The van der Waals surface area contributed by atoms with E-state index in [0.29, 0.717) is 45.7 Å². The number of nitrogens with zero attached hydrogens (tertiary/aromatic N) is 1. The molecular weight excluding hydrogens is 424 g/mol. The molecule has 5 heteroatoms. The lowest BCUT2D eigenvalue weighted by Gasteiger charge is -2.37. The lowest BCUT2D eigenvalue weighted by atomic mass is 9.73. The lowest BCUT2D eigenvalue weighted by Crippen LogP contribution is -2.49. The van der Waals surface area contributed by atoms with Crippen LogP contribution in [0.5, 0.6) is 0 Å². The lowest BCUT2D eigenvalue weighted by molar-refractivity contribution is -0.130. The van der Waals surface area contributed by atoms with Gasteiger partial charge >= 0.3 is 0 Å². The Kier molecular flexibility index (Phi) is 6.45.